The van der Waals surface area contributed by atoms with E-state index < -0.39 is 0 Å². The van der Waals surface area contributed by atoms with E-state index in [0.717, 1.165) is 5.25 Å². The Morgan fingerprint density at radius 1 is 1.44 bits per heavy atom. The average Bonchev–Trinajstić information content (AvgIpc) is 2.12. The van der Waals surface area contributed by atoms with Crippen LogP contribution in [0.1, 0.15) is 26.7 Å². The van der Waals surface area contributed by atoms with Crippen LogP contribution >= 0.6 is 11.8 Å². The van der Waals surface area contributed by atoms with Gasteiger partial charge in [0.15, 0.2) is 0 Å². The molecular weight excluding hydrogens is 205 g/mol. The Morgan fingerprint density at radius 2 is 2.11 bits per heavy atom. The van der Waals surface area contributed by atoms with Crippen molar-refractivity contribution in [2.75, 3.05) is 5.75 Å². The van der Waals surface area contributed by atoms with Gasteiger partial charge in [-0.2, -0.15) is 25.6 Å². The molecule has 0 aromatic heterocycles. The van der Waals surface area contributed by atoms with Gasteiger partial charge < -0.3 is 5.92 Å². The average molecular weight is 218 g/mol. The first kappa shape index (κ1) is 10.5. The van der Waals surface area contributed by atoms with Gasteiger partial charge in [0.1, 0.15) is 0 Å². The summed E-state index contributed by atoms with van der Waals surface area (Å²) in [5, 5.41) is 0.898. The molecule has 1 unspecified atom stereocenters. The van der Waals surface area contributed by atoms with Crippen molar-refractivity contribution in [2.24, 2.45) is 0 Å². The molecule has 1 rings (SSSR count). The zero-order chi connectivity index (χ0) is 5.98. The largest absolute Gasteiger partial charge is 0.307 e. The first-order chi connectivity index (χ1) is 3.80. The number of thioether (sulfide) groups is 1. The summed E-state index contributed by atoms with van der Waals surface area (Å²) < 4.78 is 0. The van der Waals surface area contributed by atoms with E-state index in [1.807, 2.05) is 0 Å². The minimum Gasteiger partial charge on any atom is -0.307 e. The van der Waals surface area contributed by atoms with Crippen molar-refractivity contribution in [1.29, 1.82) is 0 Å². The third-order valence-electron chi connectivity index (χ3n) is 1.57. The van der Waals surface area contributed by atoms with Gasteiger partial charge in [0, 0.05) is 32.7 Å². The van der Waals surface area contributed by atoms with Crippen molar-refractivity contribution in [3.05, 3.63) is 5.92 Å². The maximum Gasteiger partial charge on any atom is 0 e. The van der Waals surface area contributed by atoms with Crippen LogP contribution in [0.4, 0.5) is 0 Å². The Hall–Kier alpha value is 1.45. The molecule has 1 atom stereocenters. The monoisotopic (exact) mass is 218 g/mol. The smallest absolute Gasteiger partial charge is 0 e. The molecular formula is C7H13SY-. The molecule has 0 nitrogen and oxygen atoms in total. The van der Waals surface area contributed by atoms with Crippen molar-refractivity contribution >= 4 is 11.8 Å². The third kappa shape index (κ3) is 3.39. The van der Waals surface area contributed by atoms with Crippen molar-refractivity contribution in [3.8, 4) is 0 Å². The Morgan fingerprint density at radius 3 is 2.33 bits per heavy atom. The van der Waals surface area contributed by atoms with Gasteiger partial charge in [0.2, 0.25) is 0 Å². The molecule has 1 radical (unpaired) electrons. The van der Waals surface area contributed by atoms with E-state index >= 15 is 0 Å². The maximum atomic E-state index is 2.24. The molecule has 0 aliphatic carbocycles. The molecule has 1 aliphatic heterocycles. The standard InChI is InChI=1S/C7H13S.Y/c1-6(2)7-4-3-5-8-7;/h7H,3-5H2,1-2H3;/q-1;. The molecule has 51 valence electrons. The van der Waals surface area contributed by atoms with Crippen LogP contribution in [0.3, 0.4) is 0 Å². The van der Waals surface area contributed by atoms with Crippen LogP contribution in [-0.4, -0.2) is 11.0 Å². The van der Waals surface area contributed by atoms with E-state index in [2.05, 4.69) is 25.6 Å². The van der Waals surface area contributed by atoms with Crippen LogP contribution in [0.5, 0.6) is 0 Å². The molecule has 0 aromatic rings. The Labute approximate surface area is 87.4 Å². The fraction of sp³-hybridized carbons (Fsp3) is 0.857. The van der Waals surface area contributed by atoms with Crippen LogP contribution in [0, 0.1) is 5.92 Å². The zero-order valence-electron chi connectivity index (χ0n) is 6.18. The molecule has 2 heteroatoms. The van der Waals surface area contributed by atoms with Gasteiger partial charge >= 0.3 is 0 Å². The molecule has 0 aromatic carbocycles. The summed E-state index contributed by atoms with van der Waals surface area (Å²) in [6.45, 7) is 4.48. The number of rotatable bonds is 1. The summed E-state index contributed by atoms with van der Waals surface area (Å²) in [6, 6.07) is 0. The summed E-state index contributed by atoms with van der Waals surface area (Å²) in [4.78, 5) is 0. The Kier molecular flexibility index (Phi) is 5.98. The summed E-state index contributed by atoms with van der Waals surface area (Å²) in [5.41, 5.74) is 0. The van der Waals surface area contributed by atoms with Gasteiger partial charge in [-0.1, -0.05) is 6.42 Å². The molecule has 9 heavy (non-hydrogen) atoms. The van der Waals surface area contributed by atoms with Gasteiger partial charge in [0.25, 0.3) is 0 Å². The molecule has 0 N–H and O–H groups in total. The summed E-state index contributed by atoms with van der Waals surface area (Å²) in [7, 11) is 0. The summed E-state index contributed by atoms with van der Waals surface area (Å²) in [6.07, 6.45) is 2.85. The second-order valence-corrected chi connectivity index (χ2v) is 3.89. The van der Waals surface area contributed by atoms with Gasteiger partial charge in [-0.05, 0) is 12.2 Å². The van der Waals surface area contributed by atoms with E-state index in [9.17, 15) is 0 Å². The van der Waals surface area contributed by atoms with Crippen molar-refractivity contribution < 1.29 is 32.7 Å². The third-order valence-corrected chi connectivity index (χ3v) is 3.21. The van der Waals surface area contributed by atoms with Crippen LogP contribution < -0.4 is 0 Å². The maximum absolute atomic E-state index is 2.24. The first-order valence-electron chi connectivity index (χ1n) is 3.22. The van der Waals surface area contributed by atoms with Gasteiger partial charge in [-0.3, -0.25) is 0 Å². The quantitative estimate of drug-likeness (QED) is 0.609. The van der Waals surface area contributed by atoms with E-state index in [1.165, 1.54) is 18.6 Å². The van der Waals surface area contributed by atoms with Crippen molar-refractivity contribution in [2.45, 2.75) is 31.9 Å². The molecule has 1 fully saturated rings. The Balaban J connectivity index is 0.000000640. The zero-order valence-corrected chi connectivity index (χ0v) is 9.84. The van der Waals surface area contributed by atoms with Crippen LogP contribution in [0.2, 0.25) is 0 Å². The molecule has 1 aliphatic rings. The minimum absolute atomic E-state index is 0. The Bertz CT molecular complexity index is 67.3. The van der Waals surface area contributed by atoms with E-state index in [0.29, 0.717) is 0 Å². The fourth-order valence-corrected chi connectivity index (χ4v) is 2.32. The molecule has 0 bridgehead atoms. The van der Waals surface area contributed by atoms with Gasteiger partial charge in [-0.25, -0.2) is 0 Å². The molecule has 1 heterocycles. The topological polar surface area (TPSA) is 0 Å². The number of hydrogen-bond acceptors (Lipinski definition) is 1. The van der Waals surface area contributed by atoms with E-state index in [-0.39, 0.29) is 32.7 Å². The van der Waals surface area contributed by atoms with Gasteiger partial charge in [-0.15, -0.1) is 5.25 Å². The van der Waals surface area contributed by atoms with E-state index in [4.69, 9.17) is 0 Å². The van der Waals surface area contributed by atoms with Crippen molar-refractivity contribution in [3.63, 3.8) is 0 Å². The van der Waals surface area contributed by atoms with Crippen LogP contribution in [0.15, 0.2) is 0 Å². The molecule has 0 amide bonds. The van der Waals surface area contributed by atoms with Crippen LogP contribution in [0.25, 0.3) is 0 Å². The minimum atomic E-state index is 0. The van der Waals surface area contributed by atoms with Gasteiger partial charge in [0.05, 0.1) is 0 Å². The second kappa shape index (κ2) is 5.15. The summed E-state index contributed by atoms with van der Waals surface area (Å²) >= 11 is 2.11. The first-order valence-corrected chi connectivity index (χ1v) is 4.27. The van der Waals surface area contributed by atoms with E-state index in [1.54, 1.807) is 5.92 Å². The second-order valence-electron chi connectivity index (χ2n) is 2.58. The summed E-state index contributed by atoms with van der Waals surface area (Å²) in [5.74, 6) is 2.99. The van der Waals surface area contributed by atoms with Crippen molar-refractivity contribution in [1.82, 2.24) is 0 Å². The molecule has 0 saturated carbocycles. The fourth-order valence-electron chi connectivity index (χ4n) is 1.03. The normalized spacial score (nSPS) is 26.3. The molecule has 1 saturated heterocycles. The molecule has 0 spiro atoms. The SMILES string of the molecule is C[C-](C)C1CCCS1.[Y]. The number of hydrogen-bond donors (Lipinski definition) is 0. The predicted molar refractivity (Wildman–Crippen MR) is 40.1 cm³/mol. The van der Waals surface area contributed by atoms with Crippen LogP contribution in [-0.2, 0) is 32.7 Å². The predicted octanol–water partition coefficient (Wildman–Crippen LogP) is 2.49.